The largest absolute Gasteiger partial charge is 0.486 e. The van der Waals surface area contributed by atoms with Crippen LogP contribution in [-0.2, 0) is 6.61 Å². The average Bonchev–Trinajstić information content (AvgIpc) is 2.38. The summed E-state index contributed by atoms with van der Waals surface area (Å²) in [4.78, 5) is 8.43. The van der Waals surface area contributed by atoms with E-state index in [-0.39, 0.29) is 0 Å². The normalized spacial score (nSPS) is 10.2. The first-order chi connectivity index (χ1) is 8.69. The molecule has 0 atom stereocenters. The number of halogens is 1. The second kappa shape index (κ2) is 5.82. The Kier molecular flexibility index (Phi) is 4.15. The number of aryl methyl sites for hydroxylation is 1. The molecule has 0 saturated carbocycles. The zero-order chi connectivity index (χ0) is 13.0. The summed E-state index contributed by atoms with van der Waals surface area (Å²) in [6.07, 6.45) is 3.39. The van der Waals surface area contributed by atoms with Crippen LogP contribution in [-0.4, -0.2) is 17.0 Å². The predicted molar refractivity (Wildman–Crippen MR) is 74.8 cm³/mol. The van der Waals surface area contributed by atoms with Crippen molar-refractivity contribution in [2.24, 2.45) is 0 Å². The fraction of sp³-hybridized carbons (Fsp3) is 0.231. The average molecular weight is 308 g/mol. The van der Waals surface area contributed by atoms with Crippen molar-refractivity contribution >= 4 is 21.7 Å². The number of ether oxygens (including phenoxy) is 1. The van der Waals surface area contributed by atoms with Crippen LogP contribution in [0.25, 0.3) is 0 Å². The third-order valence-corrected chi connectivity index (χ3v) is 3.04. The fourth-order valence-electron chi connectivity index (χ4n) is 1.43. The van der Waals surface area contributed by atoms with Gasteiger partial charge in [-0.05, 0) is 40.5 Å². The predicted octanol–water partition coefficient (Wildman–Crippen LogP) is 3.17. The van der Waals surface area contributed by atoms with Gasteiger partial charge in [0.1, 0.15) is 18.2 Å². The van der Waals surface area contributed by atoms with Crippen LogP contribution in [0.4, 0.5) is 5.82 Å². The molecule has 0 spiro atoms. The lowest BCUT2D eigenvalue weighted by atomic mass is 10.2. The van der Waals surface area contributed by atoms with Gasteiger partial charge < -0.3 is 10.1 Å². The van der Waals surface area contributed by atoms with Gasteiger partial charge in [0.25, 0.3) is 0 Å². The van der Waals surface area contributed by atoms with Gasteiger partial charge in [0.05, 0.1) is 22.6 Å². The van der Waals surface area contributed by atoms with Crippen molar-refractivity contribution in [3.8, 4) is 5.75 Å². The van der Waals surface area contributed by atoms with Crippen molar-refractivity contribution in [1.29, 1.82) is 0 Å². The first kappa shape index (κ1) is 12.8. The monoisotopic (exact) mass is 307 g/mol. The minimum atomic E-state index is 0.401. The Labute approximate surface area is 115 Å². The summed E-state index contributed by atoms with van der Waals surface area (Å²) in [6.45, 7) is 2.44. The Balaban J connectivity index is 2.02. The van der Waals surface area contributed by atoms with Crippen LogP contribution in [0.15, 0.2) is 35.1 Å². The molecule has 1 aromatic heterocycles. The van der Waals surface area contributed by atoms with E-state index in [1.807, 2.05) is 32.2 Å². The van der Waals surface area contributed by atoms with Crippen LogP contribution in [0.2, 0.25) is 0 Å². The second-order valence-electron chi connectivity index (χ2n) is 3.87. The molecule has 0 saturated heterocycles. The lowest BCUT2D eigenvalue weighted by Gasteiger charge is -2.08. The lowest BCUT2D eigenvalue weighted by Crippen LogP contribution is -2.01. The highest BCUT2D eigenvalue weighted by molar-refractivity contribution is 9.10. The van der Waals surface area contributed by atoms with Crippen LogP contribution >= 0.6 is 15.9 Å². The second-order valence-corrected chi connectivity index (χ2v) is 4.72. The Bertz CT molecular complexity index is 528. The van der Waals surface area contributed by atoms with Crippen molar-refractivity contribution in [1.82, 2.24) is 9.97 Å². The highest BCUT2D eigenvalue weighted by Crippen LogP contribution is 2.26. The molecule has 94 valence electrons. The van der Waals surface area contributed by atoms with Gasteiger partial charge in [0.15, 0.2) is 0 Å². The Morgan fingerprint density at radius 2 is 2.11 bits per heavy atom. The van der Waals surface area contributed by atoms with E-state index in [2.05, 4.69) is 31.2 Å². The quantitative estimate of drug-likeness (QED) is 0.942. The molecule has 0 aliphatic heterocycles. The molecule has 0 bridgehead atoms. The van der Waals surface area contributed by atoms with E-state index < -0.39 is 0 Å². The van der Waals surface area contributed by atoms with Crippen LogP contribution < -0.4 is 10.1 Å². The van der Waals surface area contributed by atoms with E-state index in [4.69, 9.17) is 4.74 Å². The van der Waals surface area contributed by atoms with E-state index >= 15 is 0 Å². The van der Waals surface area contributed by atoms with Crippen LogP contribution in [0.1, 0.15) is 11.3 Å². The molecule has 0 aliphatic rings. The summed E-state index contributed by atoms with van der Waals surface area (Å²) in [6, 6.07) is 5.97. The highest BCUT2D eigenvalue weighted by Gasteiger charge is 2.03. The molecule has 0 amide bonds. The molecule has 1 aromatic carbocycles. The number of benzene rings is 1. The Morgan fingerprint density at radius 3 is 2.72 bits per heavy atom. The maximum Gasteiger partial charge on any atom is 0.144 e. The Hall–Kier alpha value is -1.62. The van der Waals surface area contributed by atoms with Gasteiger partial charge >= 0.3 is 0 Å². The summed E-state index contributed by atoms with van der Waals surface area (Å²) in [5, 5.41) is 2.92. The third-order valence-electron chi connectivity index (χ3n) is 2.42. The molecule has 18 heavy (non-hydrogen) atoms. The molecular formula is C13H14BrN3O. The molecule has 1 heterocycles. The maximum atomic E-state index is 5.68. The van der Waals surface area contributed by atoms with Gasteiger partial charge in [-0.1, -0.05) is 6.07 Å². The number of rotatable bonds is 4. The van der Waals surface area contributed by atoms with Crippen molar-refractivity contribution in [2.45, 2.75) is 13.5 Å². The Morgan fingerprint density at radius 1 is 1.28 bits per heavy atom. The zero-order valence-corrected chi connectivity index (χ0v) is 11.9. The first-order valence-corrected chi connectivity index (χ1v) is 6.36. The van der Waals surface area contributed by atoms with E-state index in [9.17, 15) is 0 Å². The van der Waals surface area contributed by atoms with Gasteiger partial charge in [0.2, 0.25) is 0 Å². The highest BCUT2D eigenvalue weighted by atomic mass is 79.9. The molecule has 4 nitrogen and oxygen atoms in total. The molecule has 2 rings (SSSR count). The van der Waals surface area contributed by atoms with Crippen LogP contribution in [0, 0.1) is 6.92 Å². The van der Waals surface area contributed by atoms with Gasteiger partial charge in [-0.3, -0.25) is 4.98 Å². The number of anilines is 1. The van der Waals surface area contributed by atoms with Crippen LogP contribution in [0.5, 0.6) is 5.75 Å². The molecule has 0 aliphatic carbocycles. The summed E-state index contributed by atoms with van der Waals surface area (Å²) >= 11 is 3.47. The van der Waals surface area contributed by atoms with Gasteiger partial charge in [-0.2, -0.15) is 0 Å². The molecule has 5 heteroatoms. The molecule has 0 radical (unpaired) electrons. The smallest absolute Gasteiger partial charge is 0.144 e. The first-order valence-electron chi connectivity index (χ1n) is 5.56. The number of nitrogens with one attached hydrogen (secondary N) is 1. The topological polar surface area (TPSA) is 47.0 Å². The zero-order valence-electron chi connectivity index (χ0n) is 10.3. The number of hydrogen-bond acceptors (Lipinski definition) is 4. The SMILES string of the molecule is CNc1cnc(COc2ccc(C)cc2Br)cn1. The van der Waals surface area contributed by atoms with Crippen LogP contribution in [0.3, 0.4) is 0 Å². The van der Waals surface area contributed by atoms with Crippen molar-refractivity contribution < 1.29 is 4.74 Å². The van der Waals surface area contributed by atoms with E-state index in [0.29, 0.717) is 6.61 Å². The van der Waals surface area contributed by atoms with Gasteiger partial charge in [-0.25, -0.2) is 4.98 Å². The number of nitrogens with zero attached hydrogens (tertiary/aromatic N) is 2. The fourth-order valence-corrected chi connectivity index (χ4v) is 2.04. The molecule has 1 N–H and O–H groups in total. The maximum absolute atomic E-state index is 5.68. The third kappa shape index (κ3) is 3.20. The summed E-state index contributed by atoms with van der Waals surface area (Å²) in [5.74, 6) is 1.55. The van der Waals surface area contributed by atoms with E-state index in [0.717, 1.165) is 21.7 Å². The summed E-state index contributed by atoms with van der Waals surface area (Å²) in [5.41, 5.74) is 1.98. The minimum absolute atomic E-state index is 0.401. The lowest BCUT2D eigenvalue weighted by molar-refractivity contribution is 0.299. The summed E-state index contributed by atoms with van der Waals surface area (Å²) < 4.78 is 6.63. The number of aromatic nitrogens is 2. The van der Waals surface area contributed by atoms with E-state index in [1.165, 1.54) is 5.56 Å². The molecule has 0 fully saturated rings. The number of hydrogen-bond donors (Lipinski definition) is 1. The molecular weight excluding hydrogens is 294 g/mol. The summed E-state index contributed by atoms with van der Waals surface area (Å²) in [7, 11) is 1.81. The van der Waals surface area contributed by atoms with Crippen molar-refractivity contribution in [3.63, 3.8) is 0 Å². The van der Waals surface area contributed by atoms with E-state index in [1.54, 1.807) is 12.4 Å². The van der Waals surface area contributed by atoms with Crippen molar-refractivity contribution in [3.05, 3.63) is 46.3 Å². The van der Waals surface area contributed by atoms with Gasteiger partial charge in [-0.15, -0.1) is 0 Å². The van der Waals surface area contributed by atoms with Crippen molar-refractivity contribution in [2.75, 3.05) is 12.4 Å². The molecule has 0 unspecified atom stereocenters. The molecule has 2 aromatic rings. The minimum Gasteiger partial charge on any atom is -0.486 e. The standard InChI is InChI=1S/C13H14BrN3O/c1-9-3-4-12(11(14)5-9)18-8-10-6-17-13(15-2)7-16-10/h3-7H,8H2,1-2H3,(H,15,17). The van der Waals surface area contributed by atoms with Gasteiger partial charge in [0, 0.05) is 7.05 Å².